The van der Waals surface area contributed by atoms with Gasteiger partial charge in [-0.2, -0.15) is 0 Å². The summed E-state index contributed by atoms with van der Waals surface area (Å²) in [5, 5.41) is 0. The highest BCUT2D eigenvalue weighted by Gasteiger charge is 2.22. The Labute approximate surface area is 145 Å². The van der Waals surface area contributed by atoms with Crippen LogP contribution in [0.15, 0.2) is 6.07 Å². The zero-order valence-electron chi connectivity index (χ0n) is 14.1. The van der Waals surface area contributed by atoms with Crippen molar-refractivity contribution in [1.29, 1.82) is 0 Å². The van der Waals surface area contributed by atoms with E-state index >= 15 is 0 Å². The van der Waals surface area contributed by atoms with Crippen LogP contribution in [0.3, 0.4) is 0 Å². The van der Waals surface area contributed by atoms with E-state index in [0.29, 0.717) is 17.4 Å². The Hall–Kier alpha value is -1.89. The maximum absolute atomic E-state index is 12.2. The molecule has 0 saturated carbocycles. The number of amides is 2. The van der Waals surface area contributed by atoms with Crippen molar-refractivity contribution in [2.75, 3.05) is 6.61 Å². The largest absolute Gasteiger partial charge is 0.466 e. The summed E-state index contributed by atoms with van der Waals surface area (Å²) in [6.07, 6.45) is 4.38. The van der Waals surface area contributed by atoms with Crippen LogP contribution in [-0.2, 0) is 27.2 Å². The molecule has 0 radical (unpaired) electrons. The minimum atomic E-state index is -0.421. The zero-order valence-corrected chi connectivity index (χ0v) is 15.0. The fourth-order valence-electron chi connectivity index (χ4n) is 2.76. The fraction of sp³-hybridized carbons (Fsp3) is 0.588. The molecular formula is C17H24N2O4S. The molecule has 2 rings (SSSR count). The third kappa shape index (κ3) is 5.06. The Kier molecular flexibility index (Phi) is 6.78. The molecule has 0 fully saturated rings. The molecule has 7 heteroatoms. The van der Waals surface area contributed by atoms with E-state index in [4.69, 9.17) is 4.74 Å². The summed E-state index contributed by atoms with van der Waals surface area (Å²) in [5.41, 5.74) is 6.01. The van der Waals surface area contributed by atoms with E-state index in [0.717, 1.165) is 19.3 Å². The number of carbonyl (C=O) groups excluding carboxylic acids is 3. The molecule has 1 atom stereocenters. The summed E-state index contributed by atoms with van der Waals surface area (Å²) in [6.45, 7) is 4.20. The Morgan fingerprint density at radius 3 is 2.75 bits per heavy atom. The predicted octanol–water partition coefficient (Wildman–Crippen LogP) is 2.37. The minimum Gasteiger partial charge on any atom is -0.466 e. The van der Waals surface area contributed by atoms with Crippen molar-refractivity contribution in [3.05, 3.63) is 21.4 Å². The Balaban J connectivity index is 1.80. The summed E-state index contributed by atoms with van der Waals surface area (Å²) in [6, 6.07) is 1.93. The van der Waals surface area contributed by atoms with E-state index in [-0.39, 0.29) is 18.7 Å². The second kappa shape index (κ2) is 8.82. The van der Waals surface area contributed by atoms with Crippen LogP contribution in [0.4, 0.5) is 0 Å². The Morgan fingerprint density at radius 1 is 1.25 bits per heavy atom. The van der Waals surface area contributed by atoms with Crippen LogP contribution in [0.1, 0.15) is 59.6 Å². The maximum Gasteiger partial charge on any atom is 0.306 e. The molecular weight excluding hydrogens is 328 g/mol. The van der Waals surface area contributed by atoms with Gasteiger partial charge in [0.15, 0.2) is 0 Å². The maximum atomic E-state index is 12.2. The number of rotatable bonds is 6. The highest BCUT2D eigenvalue weighted by atomic mass is 32.1. The second-order valence-electron chi connectivity index (χ2n) is 5.88. The van der Waals surface area contributed by atoms with Crippen LogP contribution in [0.5, 0.6) is 0 Å². The number of aryl methyl sites for hydroxylation is 1. The Bertz CT molecular complexity index is 612. The molecule has 1 aromatic heterocycles. The molecule has 0 aromatic carbocycles. The summed E-state index contributed by atoms with van der Waals surface area (Å²) >= 11 is 1.50. The van der Waals surface area contributed by atoms with Gasteiger partial charge in [-0.15, -0.1) is 11.3 Å². The smallest absolute Gasteiger partial charge is 0.306 e. The number of nitrogens with one attached hydrogen (secondary N) is 2. The lowest BCUT2D eigenvalue weighted by Gasteiger charge is -2.19. The number of carbonyl (C=O) groups is 3. The van der Waals surface area contributed by atoms with Gasteiger partial charge in [-0.1, -0.05) is 13.3 Å². The summed E-state index contributed by atoms with van der Waals surface area (Å²) < 4.78 is 4.75. The van der Waals surface area contributed by atoms with Gasteiger partial charge < -0.3 is 4.74 Å². The lowest BCUT2D eigenvalue weighted by molar-refractivity contribution is -0.144. The SMILES string of the molecule is CCOC(=O)CCC(=O)NNC(=O)c1cc2c(s1)CC[C@@H](CC)C2. The number of fused-ring (bicyclic) bond motifs is 1. The zero-order chi connectivity index (χ0) is 17.5. The fourth-order valence-corrected chi connectivity index (χ4v) is 3.86. The minimum absolute atomic E-state index is 0.00124. The molecule has 24 heavy (non-hydrogen) atoms. The number of hydrazine groups is 1. The molecule has 6 nitrogen and oxygen atoms in total. The normalized spacial score (nSPS) is 16.2. The highest BCUT2D eigenvalue weighted by molar-refractivity contribution is 7.14. The first-order chi connectivity index (χ1) is 11.5. The molecule has 0 saturated heterocycles. The molecule has 0 bridgehead atoms. The standard InChI is InChI=1S/C17H24N2O4S/c1-3-11-5-6-13-12(9-11)10-14(24-13)17(22)19-18-15(20)7-8-16(21)23-4-2/h10-11H,3-9H2,1-2H3,(H,18,20)(H,19,22)/t11-/m1/s1. The lowest BCUT2D eigenvalue weighted by atomic mass is 9.87. The molecule has 1 heterocycles. The first-order valence-electron chi connectivity index (χ1n) is 8.39. The van der Waals surface area contributed by atoms with Crippen LogP contribution in [0.25, 0.3) is 0 Å². The summed E-state index contributed by atoms with van der Waals surface area (Å²) in [7, 11) is 0. The molecule has 2 amide bonds. The van der Waals surface area contributed by atoms with E-state index < -0.39 is 11.9 Å². The molecule has 1 aromatic rings. The monoisotopic (exact) mass is 352 g/mol. The van der Waals surface area contributed by atoms with Gasteiger partial charge in [0.05, 0.1) is 17.9 Å². The van der Waals surface area contributed by atoms with Crippen molar-refractivity contribution in [2.45, 2.75) is 52.4 Å². The second-order valence-corrected chi connectivity index (χ2v) is 7.02. The van der Waals surface area contributed by atoms with Crippen molar-refractivity contribution in [3.8, 4) is 0 Å². The van der Waals surface area contributed by atoms with Crippen molar-refractivity contribution < 1.29 is 19.1 Å². The molecule has 132 valence electrons. The van der Waals surface area contributed by atoms with Crippen molar-refractivity contribution in [1.82, 2.24) is 10.9 Å². The first kappa shape index (κ1) is 18.4. The quantitative estimate of drug-likeness (QED) is 0.608. The van der Waals surface area contributed by atoms with E-state index in [1.54, 1.807) is 6.92 Å². The third-order valence-corrected chi connectivity index (χ3v) is 5.40. The van der Waals surface area contributed by atoms with Gasteiger partial charge in [-0.25, -0.2) is 0 Å². The molecule has 1 aliphatic carbocycles. The number of esters is 1. The van der Waals surface area contributed by atoms with Gasteiger partial charge in [-0.3, -0.25) is 25.2 Å². The topological polar surface area (TPSA) is 84.5 Å². The Morgan fingerprint density at radius 2 is 2.04 bits per heavy atom. The van der Waals surface area contributed by atoms with Crippen LogP contribution in [0, 0.1) is 5.92 Å². The van der Waals surface area contributed by atoms with Gasteiger partial charge in [0.2, 0.25) is 5.91 Å². The number of hydrogen-bond donors (Lipinski definition) is 2. The molecule has 0 aliphatic heterocycles. The van der Waals surface area contributed by atoms with Crippen molar-refractivity contribution >= 4 is 29.1 Å². The molecule has 0 spiro atoms. The van der Waals surface area contributed by atoms with Crippen LogP contribution >= 0.6 is 11.3 Å². The average Bonchev–Trinajstić information content (AvgIpc) is 3.01. The first-order valence-corrected chi connectivity index (χ1v) is 9.21. The summed E-state index contributed by atoms with van der Waals surface area (Å²) in [5.74, 6) is -0.448. The number of thiophene rings is 1. The lowest BCUT2D eigenvalue weighted by Crippen LogP contribution is -2.41. The molecule has 0 unspecified atom stereocenters. The summed E-state index contributed by atoms with van der Waals surface area (Å²) in [4.78, 5) is 36.9. The molecule has 2 N–H and O–H groups in total. The molecule has 1 aliphatic rings. The van der Waals surface area contributed by atoms with Crippen LogP contribution < -0.4 is 10.9 Å². The third-order valence-electron chi connectivity index (χ3n) is 4.16. The van der Waals surface area contributed by atoms with Gasteiger partial charge in [-0.05, 0) is 43.7 Å². The van der Waals surface area contributed by atoms with Gasteiger partial charge >= 0.3 is 5.97 Å². The van der Waals surface area contributed by atoms with Gasteiger partial charge in [0, 0.05) is 11.3 Å². The van der Waals surface area contributed by atoms with Crippen molar-refractivity contribution in [3.63, 3.8) is 0 Å². The van der Waals surface area contributed by atoms with Gasteiger partial charge in [0.1, 0.15) is 0 Å². The van der Waals surface area contributed by atoms with E-state index in [1.807, 2.05) is 6.07 Å². The van der Waals surface area contributed by atoms with E-state index in [1.165, 1.54) is 28.2 Å². The highest BCUT2D eigenvalue weighted by Crippen LogP contribution is 2.33. The van der Waals surface area contributed by atoms with Crippen LogP contribution in [0.2, 0.25) is 0 Å². The average molecular weight is 352 g/mol. The predicted molar refractivity (Wildman–Crippen MR) is 91.6 cm³/mol. The van der Waals surface area contributed by atoms with E-state index in [2.05, 4.69) is 17.8 Å². The number of ether oxygens (including phenoxy) is 1. The van der Waals surface area contributed by atoms with E-state index in [9.17, 15) is 14.4 Å². The van der Waals surface area contributed by atoms with Crippen LogP contribution in [-0.4, -0.2) is 24.4 Å². The van der Waals surface area contributed by atoms with Crippen molar-refractivity contribution in [2.24, 2.45) is 5.92 Å². The number of hydrogen-bond acceptors (Lipinski definition) is 5. The van der Waals surface area contributed by atoms with Gasteiger partial charge in [0.25, 0.3) is 5.91 Å².